The number of furan rings is 1. The smallest absolute Gasteiger partial charge is 0.408 e. The lowest BCUT2D eigenvalue weighted by molar-refractivity contribution is -0.118. The Labute approximate surface area is 174 Å². The number of carbonyl (C=O) groups excluding carboxylic acids is 2. The Balaban J connectivity index is 1.55. The molecule has 0 aliphatic carbocycles. The third kappa shape index (κ3) is 7.16. The van der Waals surface area contributed by atoms with Gasteiger partial charge in [-0.2, -0.15) is 0 Å². The molecule has 3 rings (SSSR count). The van der Waals surface area contributed by atoms with Crippen LogP contribution in [-0.2, 0) is 28.3 Å². The van der Waals surface area contributed by atoms with Gasteiger partial charge in [0, 0.05) is 0 Å². The van der Waals surface area contributed by atoms with Crippen molar-refractivity contribution in [1.29, 1.82) is 0 Å². The molecule has 1 atom stereocenters. The maximum absolute atomic E-state index is 12.8. The molecule has 0 saturated carbocycles. The quantitative estimate of drug-likeness (QED) is 0.529. The summed E-state index contributed by atoms with van der Waals surface area (Å²) in [6.45, 7) is 0.159. The van der Waals surface area contributed by atoms with E-state index in [1.807, 2.05) is 72.8 Å². The Hall–Kier alpha value is -2.99. The topological polar surface area (TPSA) is 68.5 Å². The molecule has 0 radical (unpaired) electrons. The van der Waals surface area contributed by atoms with Crippen molar-refractivity contribution in [3.63, 3.8) is 0 Å². The zero-order chi connectivity index (χ0) is 20.3. The fourth-order valence-electron chi connectivity index (χ4n) is 2.75. The Morgan fingerprint density at radius 3 is 2.28 bits per heavy atom. The molecule has 1 heterocycles. The molecule has 1 aromatic heterocycles. The molecule has 0 fully saturated rings. The van der Waals surface area contributed by atoms with Crippen molar-refractivity contribution >= 4 is 23.6 Å². The summed E-state index contributed by atoms with van der Waals surface area (Å²) in [7, 11) is 0. The van der Waals surface area contributed by atoms with Crippen molar-refractivity contribution < 1.29 is 18.7 Å². The predicted molar refractivity (Wildman–Crippen MR) is 114 cm³/mol. The Morgan fingerprint density at radius 1 is 0.931 bits per heavy atom. The second kappa shape index (κ2) is 11.1. The fraction of sp³-hybridized carbons (Fsp3) is 0.217. The zero-order valence-corrected chi connectivity index (χ0v) is 16.8. The first-order valence-electron chi connectivity index (χ1n) is 9.34. The van der Waals surface area contributed by atoms with Crippen LogP contribution in [-0.4, -0.2) is 23.7 Å². The number of carbonyl (C=O) groups is 2. The number of rotatable bonds is 10. The van der Waals surface area contributed by atoms with Gasteiger partial charge in [-0.3, -0.25) is 4.79 Å². The van der Waals surface area contributed by atoms with Crippen molar-refractivity contribution in [3.05, 3.63) is 95.9 Å². The molecule has 1 N–H and O–H groups in total. The summed E-state index contributed by atoms with van der Waals surface area (Å²) in [5.74, 6) is 1.64. The normalized spacial score (nSPS) is 11.6. The van der Waals surface area contributed by atoms with Crippen LogP contribution in [0.5, 0.6) is 0 Å². The average molecular weight is 410 g/mol. The monoisotopic (exact) mass is 409 g/mol. The number of thioether (sulfide) groups is 1. The van der Waals surface area contributed by atoms with E-state index in [-0.39, 0.29) is 18.1 Å². The molecule has 0 unspecified atom stereocenters. The number of alkyl carbamates (subject to hydrolysis) is 1. The standard InChI is InChI=1S/C23H23NO4S/c25-22(17-29-16-20-12-7-13-27-20)21(14-18-8-3-1-4-9-18)24-23(26)28-15-19-10-5-2-6-11-19/h1-13,21H,14-17H2,(H,24,26)/t21-/m0/s1. The second-order valence-electron chi connectivity index (χ2n) is 6.49. The molecule has 3 aromatic rings. The van der Waals surface area contributed by atoms with E-state index < -0.39 is 12.1 Å². The molecule has 29 heavy (non-hydrogen) atoms. The SMILES string of the molecule is O=C(N[C@@H](Cc1ccccc1)C(=O)CSCc1ccco1)OCc1ccccc1. The van der Waals surface area contributed by atoms with Gasteiger partial charge in [0.25, 0.3) is 0 Å². The van der Waals surface area contributed by atoms with E-state index in [4.69, 9.17) is 9.15 Å². The largest absolute Gasteiger partial charge is 0.468 e. The van der Waals surface area contributed by atoms with Crippen molar-refractivity contribution in [3.8, 4) is 0 Å². The molecule has 0 saturated heterocycles. The minimum Gasteiger partial charge on any atom is -0.468 e. The highest BCUT2D eigenvalue weighted by Crippen LogP contribution is 2.14. The molecule has 2 aromatic carbocycles. The zero-order valence-electron chi connectivity index (χ0n) is 16.0. The van der Waals surface area contributed by atoms with E-state index in [2.05, 4.69) is 5.32 Å². The molecule has 0 bridgehead atoms. The Morgan fingerprint density at radius 2 is 1.62 bits per heavy atom. The summed E-state index contributed by atoms with van der Waals surface area (Å²) < 4.78 is 10.6. The molecule has 1 amide bonds. The summed E-state index contributed by atoms with van der Waals surface area (Å²) in [5, 5.41) is 2.73. The highest BCUT2D eigenvalue weighted by Gasteiger charge is 2.22. The summed E-state index contributed by atoms with van der Waals surface area (Å²) in [6.07, 6.45) is 1.43. The van der Waals surface area contributed by atoms with Crippen LogP contribution in [0.4, 0.5) is 4.79 Å². The van der Waals surface area contributed by atoms with E-state index in [0.29, 0.717) is 12.2 Å². The third-order valence-corrected chi connectivity index (χ3v) is 5.22. The number of amides is 1. The van der Waals surface area contributed by atoms with E-state index in [9.17, 15) is 9.59 Å². The number of ketones is 1. The Kier molecular flexibility index (Phi) is 7.95. The van der Waals surface area contributed by atoms with Gasteiger partial charge in [-0.25, -0.2) is 4.79 Å². The average Bonchev–Trinajstić information content (AvgIpc) is 3.27. The molecular formula is C23H23NO4S. The van der Waals surface area contributed by atoms with Gasteiger partial charge in [0.2, 0.25) is 0 Å². The first-order chi connectivity index (χ1) is 14.2. The molecule has 150 valence electrons. The summed E-state index contributed by atoms with van der Waals surface area (Å²) >= 11 is 1.46. The van der Waals surface area contributed by atoms with Crippen LogP contribution < -0.4 is 5.32 Å². The van der Waals surface area contributed by atoms with Gasteiger partial charge in [-0.05, 0) is 29.7 Å². The highest BCUT2D eigenvalue weighted by atomic mass is 32.2. The number of hydrogen-bond acceptors (Lipinski definition) is 5. The molecule has 0 aliphatic rings. The molecule has 5 nitrogen and oxygen atoms in total. The number of hydrogen-bond donors (Lipinski definition) is 1. The fourth-order valence-corrected chi connectivity index (χ4v) is 3.62. The summed E-state index contributed by atoms with van der Waals surface area (Å²) in [6, 6.07) is 22.1. The van der Waals surface area contributed by atoms with Crippen molar-refractivity contribution in [2.45, 2.75) is 24.8 Å². The van der Waals surface area contributed by atoms with E-state index >= 15 is 0 Å². The first-order valence-corrected chi connectivity index (χ1v) is 10.5. The van der Waals surface area contributed by atoms with E-state index in [1.54, 1.807) is 6.26 Å². The van der Waals surface area contributed by atoms with Gasteiger partial charge in [-0.15, -0.1) is 11.8 Å². The van der Waals surface area contributed by atoms with E-state index in [1.165, 1.54) is 11.8 Å². The van der Waals surface area contributed by atoms with Crippen LogP contribution in [0.2, 0.25) is 0 Å². The van der Waals surface area contributed by atoms with Crippen LogP contribution in [0.3, 0.4) is 0 Å². The van der Waals surface area contributed by atoms with Crippen LogP contribution >= 0.6 is 11.8 Å². The van der Waals surface area contributed by atoms with Crippen molar-refractivity contribution in [1.82, 2.24) is 5.32 Å². The van der Waals surface area contributed by atoms with Crippen LogP contribution in [0, 0.1) is 0 Å². The molecule has 0 aliphatic heterocycles. The lowest BCUT2D eigenvalue weighted by Crippen LogP contribution is -2.43. The lowest BCUT2D eigenvalue weighted by Gasteiger charge is -2.18. The minimum atomic E-state index is -0.648. The van der Waals surface area contributed by atoms with Crippen LogP contribution in [0.1, 0.15) is 16.9 Å². The van der Waals surface area contributed by atoms with Gasteiger partial charge in [0.05, 0.1) is 23.8 Å². The number of nitrogens with one attached hydrogen (secondary N) is 1. The van der Waals surface area contributed by atoms with Crippen LogP contribution in [0.25, 0.3) is 0 Å². The van der Waals surface area contributed by atoms with Gasteiger partial charge in [0.1, 0.15) is 12.4 Å². The van der Waals surface area contributed by atoms with Gasteiger partial charge >= 0.3 is 6.09 Å². The number of ether oxygens (including phenoxy) is 1. The highest BCUT2D eigenvalue weighted by molar-refractivity contribution is 7.99. The summed E-state index contributed by atoms with van der Waals surface area (Å²) in [5.41, 5.74) is 1.87. The van der Waals surface area contributed by atoms with E-state index in [0.717, 1.165) is 16.9 Å². The van der Waals surface area contributed by atoms with Crippen molar-refractivity contribution in [2.75, 3.05) is 5.75 Å². The van der Waals surface area contributed by atoms with Crippen LogP contribution in [0.15, 0.2) is 83.5 Å². The number of benzene rings is 2. The van der Waals surface area contributed by atoms with Gasteiger partial charge in [-0.1, -0.05) is 60.7 Å². The second-order valence-corrected chi connectivity index (χ2v) is 7.47. The third-order valence-electron chi connectivity index (χ3n) is 4.24. The molecule has 0 spiro atoms. The first kappa shape index (κ1) is 20.7. The minimum absolute atomic E-state index is 0.0536. The maximum atomic E-state index is 12.8. The van der Waals surface area contributed by atoms with Gasteiger partial charge in [0.15, 0.2) is 5.78 Å². The van der Waals surface area contributed by atoms with Crippen molar-refractivity contribution in [2.24, 2.45) is 0 Å². The number of Topliss-reactive ketones (excluding diaryl/α,β-unsaturated/α-hetero) is 1. The van der Waals surface area contributed by atoms with Gasteiger partial charge < -0.3 is 14.5 Å². The molecular weight excluding hydrogens is 386 g/mol. The lowest BCUT2D eigenvalue weighted by atomic mass is 10.0. The molecule has 6 heteroatoms. The maximum Gasteiger partial charge on any atom is 0.408 e. The predicted octanol–water partition coefficient (Wildman–Crippen LogP) is 4.62. The summed E-state index contributed by atoms with van der Waals surface area (Å²) in [4.78, 5) is 25.0. The Bertz CT molecular complexity index is 882.